The molecule has 0 atom stereocenters. The van der Waals surface area contributed by atoms with Crippen LogP contribution in [0.4, 0.5) is 0 Å². The Balaban J connectivity index is 2.56. The predicted molar refractivity (Wildman–Crippen MR) is 59.4 cm³/mol. The summed E-state index contributed by atoms with van der Waals surface area (Å²) in [4.78, 5) is 51.9. The average molecular weight is 246 g/mol. The Morgan fingerprint density at radius 1 is 1.17 bits per heavy atom. The van der Waals surface area contributed by atoms with Crippen molar-refractivity contribution in [3.05, 3.63) is 38.2 Å². The highest BCUT2D eigenvalue weighted by Crippen LogP contribution is 2.16. The van der Waals surface area contributed by atoms with Crippen LogP contribution in [-0.2, 0) is 7.05 Å². The van der Waals surface area contributed by atoms with E-state index in [1.165, 1.54) is 13.1 Å². The van der Waals surface area contributed by atoms with Gasteiger partial charge in [-0.1, -0.05) is 0 Å². The molecule has 2 aromatic rings. The van der Waals surface area contributed by atoms with E-state index in [4.69, 9.17) is 0 Å². The molecular weight excluding hydrogens is 240 g/mol. The minimum atomic E-state index is -0.643. The maximum absolute atomic E-state index is 11.6. The Hall–Kier alpha value is -2.77. The summed E-state index contributed by atoms with van der Waals surface area (Å²) in [6.45, 7) is 0. The minimum absolute atomic E-state index is 0.0386. The number of carbonyl (C=O) groups excluding carboxylic acids is 2. The van der Waals surface area contributed by atoms with Crippen LogP contribution < -0.4 is 16.6 Å². The van der Waals surface area contributed by atoms with Gasteiger partial charge in [0.05, 0.1) is 10.9 Å². The molecule has 0 radical (unpaired) electrons. The number of H-pyrrole nitrogens is 1. The van der Waals surface area contributed by atoms with Crippen molar-refractivity contribution in [1.82, 2.24) is 19.9 Å². The SMILES string of the molecule is Cn1c(=O)[nH]c(=O)c2cc3c(nc21)C(=O)NC3=O. The third-order valence-electron chi connectivity index (χ3n) is 2.78. The van der Waals surface area contributed by atoms with Gasteiger partial charge in [-0.2, -0.15) is 0 Å². The number of fused-ring (bicyclic) bond motifs is 2. The van der Waals surface area contributed by atoms with Crippen molar-refractivity contribution in [3.8, 4) is 0 Å². The molecule has 2 amide bonds. The molecule has 2 N–H and O–H groups in total. The highest BCUT2D eigenvalue weighted by molar-refractivity contribution is 6.21. The number of nitrogens with one attached hydrogen (secondary N) is 2. The van der Waals surface area contributed by atoms with Crippen molar-refractivity contribution in [2.75, 3.05) is 0 Å². The topological polar surface area (TPSA) is 114 Å². The second-order valence-electron chi connectivity index (χ2n) is 3.86. The fourth-order valence-electron chi connectivity index (χ4n) is 1.85. The van der Waals surface area contributed by atoms with Crippen LogP contribution in [-0.4, -0.2) is 26.3 Å². The molecule has 3 heterocycles. The maximum Gasteiger partial charge on any atom is 0.329 e. The molecule has 1 aliphatic heterocycles. The van der Waals surface area contributed by atoms with Gasteiger partial charge in [-0.15, -0.1) is 0 Å². The number of imide groups is 1. The quantitative estimate of drug-likeness (QED) is 0.549. The Morgan fingerprint density at radius 3 is 2.61 bits per heavy atom. The van der Waals surface area contributed by atoms with Crippen LogP contribution in [0.3, 0.4) is 0 Å². The van der Waals surface area contributed by atoms with Gasteiger partial charge in [0.15, 0.2) is 0 Å². The summed E-state index contributed by atoms with van der Waals surface area (Å²) < 4.78 is 1.10. The third kappa shape index (κ3) is 1.16. The summed E-state index contributed by atoms with van der Waals surface area (Å²) in [6, 6.07) is 1.26. The summed E-state index contributed by atoms with van der Waals surface area (Å²) in [5.74, 6) is -1.23. The number of rotatable bonds is 0. The molecule has 18 heavy (non-hydrogen) atoms. The van der Waals surface area contributed by atoms with Gasteiger partial charge in [0.25, 0.3) is 17.4 Å². The van der Waals surface area contributed by atoms with Gasteiger partial charge in [-0.05, 0) is 6.07 Å². The standard InChI is InChI=1S/C10H6N4O4/c1-14-6-4(8(16)13-10(14)18)2-3-5(11-6)9(17)12-7(3)15/h2H,1H3,(H,12,15,17)(H,13,16,18). The smallest absolute Gasteiger partial charge is 0.287 e. The van der Waals surface area contributed by atoms with Crippen molar-refractivity contribution in [1.29, 1.82) is 0 Å². The van der Waals surface area contributed by atoms with Gasteiger partial charge in [0, 0.05) is 7.05 Å². The first-order valence-electron chi connectivity index (χ1n) is 4.99. The zero-order valence-corrected chi connectivity index (χ0v) is 9.10. The lowest BCUT2D eigenvalue weighted by atomic mass is 10.2. The van der Waals surface area contributed by atoms with E-state index in [0.717, 1.165) is 4.57 Å². The molecule has 0 aromatic carbocycles. The average Bonchev–Trinajstić information content (AvgIpc) is 2.60. The van der Waals surface area contributed by atoms with Gasteiger partial charge in [0.2, 0.25) is 0 Å². The molecule has 0 fully saturated rings. The first-order valence-corrected chi connectivity index (χ1v) is 4.99. The fraction of sp³-hybridized carbons (Fsp3) is 0.100. The molecule has 0 saturated carbocycles. The Morgan fingerprint density at radius 2 is 1.89 bits per heavy atom. The molecular formula is C10H6N4O4. The van der Waals surface area contributed by atoms with E-state index in [0.29, 0.717) is 0 Å². The monoisotopic (exact) mass is 246 g/mol. The summed E-state index contributed by atoms with van der Waals surface area (Å²) in [5.41, 5.74) is -1.25. The lowest BCUT2D eigenvalue weighted by molar-refractivity contribution is 0.0878. The molecule has 0 unspecified atom stereocenters. The van der Waals surface area contributed by atoms with Crippen molar-refractivity contribution in [2.24, 2.45) is 7.05 Å². The molecule has 0 spiro atoms. The van der Waals surface area contributed by atoms with Gasteiger partial charge < -0.3 is 0 Å². The molecule has 8 nitrogen and oxygen atoms in total. The van der Waals surface area contributed by atoms with E-state index < -0.39 is 23.1 Å². The van der Waals surface area contributed by atoms with E-state index in [1.807, 2.05) is 0 Å². The number of hydrogen-bond donors (Lipinski definition) is 2. The van der Waals surface area contributed by atoms with Gasteiger partial charge in [-0.3, -0.25) is 29.3 Å². The molecule has 2 aromatic heterocycles. The highest BCUT2D eigenvalue weighted by atomic mass is 16.2. The number of hydrogen-bond acceptors (Lipinski definition) is 5. The second-order valence-corrected chi connectivity index (χ2v) is 3.86. The molecule has 8 heteroatoms. The molecule has 0 aliphatic carbocycles. The maximum atomic E-state index is 11.6. The first-order chi connectivity index (χ1) is 8.49. The molecule has 3 rings (SSSR count). The summed E-state index contributed by atoms with van der Waals surface area (Å²) >= 11 is 0. The zero-order chi connectivity index (χ0) is 13.0. The van der Waals surface area contributed by atoms with Crippen molar-refractivity contribution in [2.45, 2.75) is 0 Å². The third-order valence-corrected chi connectivity index (χ3v) is 2.78. The van der Waals surface area contributed by atoms with Gasteiger partial charge in [0.1, 0.15) is 11.3 Å². The van der Waals surface area contributed by atoms with Crippen LogP contribution in [0.5, 0.6) is 0 Å². The Bertz CT molecular complexity index is 845. The largest absolute Gasteiger partial charge is 0.329 e. The van der Waals surface area contributed by atoms with Gasteiger partial charge in [-0.25, -0.2) is 9.78 Å². The van der Waals surface area contributed by atoms with Crippen molar-refractivity contribution < 1.29 is 9.59 Å². The number of aromatic amines is 1. The summed E-state index contributed by atoms with van der Waals surface area (Å²) in [6.07, 6.45) is 0. The number of nitrogens with zero attached hydrogens (tertiary/aromatic N) is 2. The number of aryl methyl sites for hydroxylation is 1. The van der Waals surface area contributed by atoms with E-state index in [-0.39, 0.29) is 22.3 Å². The van der Waals surface area contributed by atoms with Crippen LogP contribution >= 0.6 is 0 Å². The molecule has 0 bridgehead atoms. The predicted octanol–water partition coefficient (Wildman–Crippen LogP) is -1.49. The van der Waals surface area contributed by atoms with Crippen LogP contribution in [0.25, 0.3) is 11.0 Å². The summed E-state index contributed by atoms with van der Waals surface area (Å²) in [5, 5.41) is 2.15. The van der Waals surface area contributed by atoms with E-state index in [9.17, 15) is 19.2 Å². The number of aromatic nitrogens is 3. The van der Waals surface area contributed by atoms with Gasteiger partial charge >= 0.3 is 5.69 Å². The Kier molecular flexibility index (Phi) is 1.80. The summed E-state index contributed by atoms with van der Waals surface area (Å²) in [7, 11) is 1.41. The fourth-order valence-corrected chi connectivity index (χ4v) is 1.85. The van der Waals surface area contributed by atoms with Crippen LogP contribution in [0, 0.1) is 0 Å². The molecule has 0 saturated heterocycles. The van der Waals surface area contributed by atoms with Crippen LogP contribution in [0.1, 0.15) is 20.8 Å². The van der Waals surface area contributed by atoms with Crippen LogP contribution in [0.2, 0.25) is 0 Å². The lowest BCUT2D eigenvalue weighted by Crippen LogP contribution is -2.29. The second kappa shape index (κ2) is 3.13. The normalized spacial score (nSPS) is 13.8. The van der Waals surface area contributed by atoms with Crippen molar-refractivity contribution >= 4 is 22.8 Å². The zero-order valence-electron chi connectivity index (χ0n) is 9.10. The lowest BCUT2D eigenvalue weighted by Gasteiger charge is -2.03. The molecule has 1 aliphatic rings. The number of carbonyl (C=O) groups is 2. The minimum Gasteiger partial charge on any atom is -0.287 e. The molecule has 90 valence electrons. The van der Waals surface area contributed by atoms with E-state index >= 15 is 0 Å². The highest BCUT2D eigenvalue weighted by Gasteiger charge is 2.29. The first kappa shape index (κ1) is 10.4. The Labute approximate surface area is 98.3 Å². The van der Waals surface area contributed by atoms with E-state index in [1.54, 1.807) is 0 Å². The van der Waals surface area contributed by atoms with Crippen LogP contribution in [0.15, 0.2) is 15.7 Å². The number of amides is 2. The number of pyridine rings is 1. The van der Waals surface area contributed by atoms with Crippen molar-refractivity contribution in [3.63, 3.8) is 0 Å². The van der Waals surface area contributed by atoms with E-state index in [2.05, 4.69) is 15.3 Å².